The van der Waals surface area contributed by atoms with Gasteiger partial charge >= 0.3 is 0 Å². The highest BCUT2D eigenvalue weighted by molar-refractivity contribution is 9.09. The van der Waals surface area contributed by atoms with Gasteiger partial charge in [0.1, 0.15) is 0 Å². The monoisotopic (exact) mass is 206 g/mol. The minimum atomic E-state index is -0.229. The maximum atomic E-state index is 9.34. The summed E-state index contributed by atoms with van der Waals surface area (Å²) in [6.45, 7) is 0. The molecule has 0 aromatic rings. The highest BCUT2D eigenvalue weighted by Gasteiger charge is 2.51. The molecule has 5 atom stereocenters. The van der Waals surface area contributed by atoms with E-state index in [2.05, 4.69) is 15.9 Å². The van der Waals surface area contributed by atoms with E-state index in [-0.39, 0.29) is 17.0 Å². The zero-order chi connectivity index (χ0) is 7.30. The van der Waals surface area contributed by atoms with Gasteiger partial charge in [-0.3, -0.25) is 0 Å². The van der Waals surface area contributed by atoms with Crippen molar-refractivity contribution in [3.8, 4) is 0 Å². The smallest absolute Gasteiger partial charge is 0.0671 e. The molecule has 0 heterocycles. The standard InChI is InChI=1S/C7H11BrO2/c8-7-4-2-5(9)3(4)1-6(7)10/h3-7,9-10H,1-2H2/t3-,4-,5?,6+,7+/m0/s1. The molecule has 1 unspecified atom stereocenters. The first-order valence-corrected chi connectivity index (χ1v) is 4.62. The van der Waals surface area contributed by atoms with Gasteiger partial charge in [-0.15, -0.1) is 0 Å². The van der Waals surface area contributed by atoms with Crippen molar-refractivity contribution >= 4 is 15.9 Å². The predicted molar refractivity (Wildman–Crippen MR) is 40.9 cm³/mol. The lowest BCUT2D eigenvalue weighted by atomic mass is 9.74. The quantitative estimate of drug-likeness (QED) is 0.568. The Morgan fingerprint density at radius 3 is 2.00 bits per heavy atom. The van der Waals surface area contributed by atoms with Gasteiger partial charge in [-0.1, -0.05) is 15.9 Å². The van der Waals surface area contributed by atoms with Crippen molar-refractivity contribution in [1.82, 2.24) is 0 Å². The van der Waals surface area contributed by atoms with Crippen LogP contribution < -0.4 is 0 Å². The van der Waals surface area contributed by atoms with Crippen LogP contribution in [0.4, 0.5) is 0 Å². The summed E-state index contributed by atoms with van der Waals surface area (Å²) in [6.07, 6.45) is 1.29. The topological polar surface area (TPSA) is 40.5 Å². The number of fused-ring (bicyclic) bond motifs is 1. The predicted octanol–water partition coefficient (Wildman–Crippen LogP) is 0.512. The van der Waals surface area contributed by atoms with E-state index in [1.54, 1.807) is 0 Å². The number of hydrogen-bond acceptors (Lipinski definition) is 2. The Morgan fingerprint density at radius 2 is 1.60 bits per heavy atom. The summed E-state index contributed by atoms with van der Waals surface area (Å²) < 4.78 is 0. The Bertz CT molecular complexity index is 151. The van der Waals surface area contributed by atoms with Gasteiger partial charge in [0.25, 0.3) is 0 Å². The van der Waals surface area contributed by atoms with Gasteiger partial charge in [0.2, 0.25) is 0 Å². The normalized spacial score (nSPS) is 59.7. The molecule has 10 heavy (non-hydrogen) atoms. The Kier molecular flexibility index (Phi) is 1.55. The van der Waals surface area contributed by atoms with Crippen molar-refractivity contribution in [2.75, 3.05) is 0 Å². The molecule has 2 N–H and O–H groups in total. The maximum absolute atomic E-state index is 9.34. The van der Waals surface area contributed by atoms with Crippen molar-refractivity contribution in [2.24, 2.45) is 11.8 Å². The van der Waals surface area contributed by atoms with Crippen LogP contribution in [0.3, 0.4) is 0 Å². The number of aliphatic hydroxyl groups excluding tert-OH is 2. The number of alkyl halides is 1. The van der Waals surface area contributed by atoms with Crippen LogP contribution in [-0.4, -0.2) is 27.2 Å². The van der Waals surface area contributed by atoms with Gasteiger partial charge in [0.15, 0.2) is 0 Å². The van der Waals surface area contributed by atoms with E-state index in [0.29, 0.717) is 11.8 Å². The minimum absolute atomic E-state index is 0.137. The van der Waals surface area contributed by atoms with E-state index in [4.69, 9.17) is 0 Å². The van der Waals surface area contributed by atoms with Crippen LogP contribution in [0.1, 0.15) is 12.8 Å². The zero-order valence-electron chi connectivity index (χ0n) is 5.57. The molecule has 2 rings (SSSR count). The number of aliphatic hydroxyl groups is 2. The fourth-order valence-corrected chi connectivity index (χ4v) is 2.93. The molecule has 2 aliphatic rings. The summed E-state index contributed by atoms with van der Waals surface area (Å²) >= 11 is 3.43. The lowest BCUT2D eigenvalue weighted by Crippen LogP contribution is -2.40. The van der Waals surface area contributed by atoms with Crippen molar-refractivity contribution in [2.45, 2.75) is 29.9 Å². The summed E-state index contributed by atoms with van der Waals surface area (Å²) in [5.41, 5.74) is 0. The van der Waals surface area contributed by atoms with Gasteiger partial charge in [-0.25, -0.2) is 0 Å². The highest BCUT2D eigenvalue weighted by Crippen LogP contribution is 2.49. The molecule has 58 valence electrons. The van der Waals surface area contributed by atoms with E-state index in [1.165, 1.54) is 0 Å². The van der Waals surface area contributed by atoms with Gasteiger partial charge in [-0.2, -0.15) is 0 Å². The molecule has 0 bridgehead atoms. The number of halogens is 1. The van der Waals surface area contributed by atoms with E-state index >= 15 is 0 Å². The van der Waals surface area contributed by atoms with Gasteiger partial charge in [-0.05, 0) is 24.7 Å². The molecule has 2 saturated carbocycles. The fraction of sp³-hybridized carbons (Fsp3) is 1.00. The summed E-state index contributed by atoms with van der Waals surface area (Å²) in [5, 5.41) is 18.6. The molecule has 3 heteroatoms. The zero-order valence-corrected chi connectivity index (χ0v) is 7.16. The SMILES string of the molecule is OC1C[C@@H]2[C@@H](Br)[C@H](O)C[C@H]12. The lowest BCUT2D eigenvalue weighted by molar-refractivity contribution is -0.0131. The third kappa shape index (κ3) is 0.773. The molecule has 0 saturated heterocycles. The first kappa shape index (κ1) is 7.07. The lowest BCUT2D eigenvalue weighted by Gasteiger charge is -2.37. The van der Waals surface area contributed by atoms with E-state index in [0.717, 1.165) is 12.8 Å². The third-order valence-electron chi connectivity index (χ3n) is 2.85. The molecule has 0 spiro atoms. The first-order chi connectivity index (χ1) is 4.70. The molecule has 0 radical (unpaired) electrons. The maximum Gasteiger partial charge on any atom is 0.0671 e. The van der Waals surface area contributed by atoms with Crippen LogP contribution in [0, 0.1) is 11.8 Å². The second-order valence-corrected chi connectivity index (χ2v) is 4.44. The Balaban J connectivity index is 2.06. The molecule has 0 aliphatic heterocycles. The summed E-state index contributed by atoms with van der Waals surface area (Å²) in [7, 11) is 0. The van der Waals surface area contributed by atoms with E-state index in [1.807, 2.05) is 0 Å². The minimum Gasteiger partial charge on any atom is -0.393 e. The summed E-state index contributed by atoms with van der Waals surface area (Å²) in [4.78, 5) is 0.237. The van der Waals surface area contributed by atoms with Gasteiger partial charge < -0.3 is 10.2 Å². The Hall–Kier alpha value is 0.400. The molecule has 2 nitrogen and oxygen atoms in total. The fourth-order valence-electron chi connectivity index (χ4n) is 2.11. The van der Waals surface area contributed by atoms with Crippen LogP contribution in [0.15, 0.2) is 0 Å². The van der Waals surface area contributed by atoms with Crippen LogP contribution in [0.2, 0.25) is 0 Å². The summed E-state index contributed by atoms with van der Waals surface area (Å²) in [5.74, 6) is 0.907. The molecule has 2 fully saturated rings. The highest BCUT2D eigenvalue weighted by atomic mass is 79.9. The van der Waals surface area contributed by atoms with Crippen LogP contribution in [-0.2, 0) is 0 Å². The van der Waals surface area contributed by atoms with Crippen molar-refractivity contribution in [3.63, 3.8) is 0 Å². The summed E-state index contributed by atoms with van der Waals surface area (Å²) in [6, 6.07) is 0. The van der Waals surface area contributed by atoms with E-state index in [9.17, 15) is 10.2 Å². The van der Waals surface area contributed by atoms with Crippen LogP contribution in [0.5, 0.6) is 0 Å². The number of hydrogen-bond donors (Lipinski definition) is 2. The second kappa shape index (κ2) is 2.19. The third-order valence-corrected chi connectivity index (χ3v) is 4.14. The average molecular weight is 207 g/mol. The molecular formula is C7H11BrO2. The molecule has 0 aromatic heterocycles. The molecule has 0 amide bonds. The van der Waals surface area contributed by atoms with Crippen molar-refractivity contribution in [1.29, 1.82) is 0 Å². The second-order valence-electron chi connectivity index (χ2n) is 3.38. The van der Waals surface area contributed by atoms with Gasteiger partial charge in [0.05, 0.1) is 12.2 Å². The first-order valence-electron chi connectivity index (χ1n) is 3.70. The Morgan fingerprint density at radius 1 is 1.00 bits per heavy atom. The number of rotatable bonds is 0. The molecular weight excluding hydrogens is 196 g/mol. The largest absolute Gasteiger partial charge is 0.393 e. The van der Waals surface area contributed by atoms with Crippen LogP contribution >= 0.6 is 15.9 Å². The van der Waals surface area contributed by atoms with Crippen LogP contribution in [0.25, 0.3) is 0 Å². The van der Waals surface area contributed by atoms with Gasteiger partial charge in [0, 0.05) is 4.83 Å². The Labute approximate surface area is 68.4 Å². The van der Waals surface area contributed by atoms with Crippen molar-refractivity contribution < 1.29 is 10.2 Å². The molecule has 0 aromatic carbocycles. The van der Waals surface area contributed by atoms with E-state index < -0.39 is 0 Å². The van der Waals surface area contributed by atoms with Crippen molar-refractivity contribution in [3.05, 3.63) is 0 Å². The average Bonchev–Trinajstić information content (AvgIpc) is 2.12. The molecule has 2 aliphatic carbocycles.